The molecule has 0 unspecified atom stereocenters. The fourth-order valence-electron chi connectivity index (χ4n) is 2.47. The van der Waals surface area contributed by atoms with Gasteiger partial charge >= 0.3 is 0 Å². The second kappa shape index (κ2) is 7.12. The fourth-order valence-corrected chi connectivity index (χ4v) is 2.47. The van der Waals surface area contributed by atoms with Crippen molar-refractivity contribution in [2.24, 2.45) is 4.99 Å². The molecule has 3 N–H and O–H groups in total. The number of benzene rings is 1. The first kappa shape index (κ1) is 16.0. The number of hydrogen-bond acceptors (Lipinski definition) is 4. The van der Waals surface area contributed by atoms with Gasteiger partial charge in [-0.3, -0.25) is 4.99 Å². The van der Waals surface area contributed by atoms with E-state index in [2.05, 4.69) is 30.8 Å². The number of fused-ring (bicyclic) bond motifs is 1. The summed E-state index contributed by atoms with van der Waals surface area (Å²) in [6.07, 6.45) is 2.65. The van der Waals surface area contributed by atoms with Crippen molar-refractivity contribution in [2.75, 3.05) is 13.6 Å². The molecule has 0 radical (unpaired) electrons. The number of aromatic amines is 1. The minimum absolute atomic E-state index is 0.232. The predicted octanol–water partition coefficient (Wildman–Crippen LogP) is 1.91. The highest BCUT2D eigenvalue weighted by Crippen LogP contribution is 2.19. The number of guanidine groups is 1. The number of nitrogens with zero attached hydrogens (tertiary/aromatic N) is 3. The lowest BCUT2D eigenvalue weighted by Crippen LogP contribution is -2.38. The molecule has 8 heteroatoms. The lowest BCUT2D eigenvalue weighted by atomic mass is 10.1. The highest BCUT2D eigenvalue weighted by molar-refractivity contribution is 5.83. The van der Waals surface area contributed by atoms with Crippen LogP contribution >= 0.6 is 0 Å². The number of nitrogens with one attached hydrogen (secondary N) is 3. The zero-order chi connectivity index (χ0) is 16.9. The predicted molar refractivity (Wildman–Crippen MR) is 89.2 cm³/mol. The lowest BCUT2D eigenvalue weighted by Gasteiger charge is -2.10. The molecule has 126 valence electrons. The van der Waals surface area contributed by atoms with E-state index in [9.17, 15) is 4.39 Å². The largest absolute Gasteiger partial charge is 0.361 e. The molecule has 0 fully saturated rings. The van der Waals surface area contributed by atoms with E-state index in [4.69, 9.17) is 4.52 Å². The van der Waals surface area contributed by atoms with Gasteiger partial charge in [-0.1, -0.05) is 5.16 Å². The Morgan fingerprint density at radius 3 is 3.00 bits per heavy atom. The smallest absolute Gasteiger partial charge is 0.223 e. The molecule has 0 atom stereocenters. The van der Waals surface area contributed by atoms with Gasteiger partial charge in [0.2, 0.25) is 5.89 Å². The Kier molecular flexibility index (Phi) is 4.74. The molecular weight excluding hydrogens is 311 g/mol. The van der Waals surface area contributed by atoms with E-state index in [-0.39, 0.29) is 5.82 Å². The first-order valence-corrected chi connectivity index (χ1v) is 7.65. The topological polar surface area (TPSA) is 91.1 Å². The van der Waals surface area contributed by atoms with Gasteiger partial charge in [-0.05, 0) is 30.2 Å². The number of aliphatic imine (C=N–C) groups is 1. The van der Waals surface area contributed by atoms with Crippen molar-refractivity contribution in [3.63, 3.8) is 0 Å². The summed E-state index contributed by atoms with van der Waals surface area (Å²) < 4.78 is 18.3. The van der Waals surface area contributed by atoms with E-state index in [1.807, 2.05) is 6.20 Å². The van der Waals surface area contributed by atoms with Crippen LogP contribution in [0.15, 0.2) is 33.9 Å². The van der Waals surface area contributed by atoms with Gasteiger partial charge < -0.3 is 20.1 Å². The summed E-state index contributed by atoms with van der Waals surface area (Å²) in [5.41, 5.74) is 1.99. The van der Waals surface area contributed by atoms with Gasteiger partial charge in [0.25, 0.3) is 0 Å². The van der Waals surface area contributed by atoms with Crippen LogP contribution in [0.25, 0.3) is 10.9 Å². The number of aromatic nitrogens is 3. The van der Waals surface area contributed by atoms with Crippen molar-refractivity contribution in [3.05, 3.63) is 47.5 Å². The number of halogens is 1. The summed E-state index contributed by atoms with van der Waals surface area (Å²) in [5, 5.41) is 11.0. The van der Waals surface area contributed by atoms with Crippen molar-refractivity contribution >= 4 is 16.9 Å². The zero-order valence-corrected chi connectivity index (χ0v) is 13.6. The molecule has 0 spiro atoms. The van der Waals surface area contributed by atoms with Gasteiger partial charge in [-0.2, -0.15) is 4.98 Å². The molecule has 24 heavy (non-hydrogen) atoms. The summed E-state index contributed by atoms with van der Waals surface area (Å²) >= 11 is 0. The fraction of sp³-hybridized carbons (Fsp3) is 0.312. The molecule has 0 aliphatic rings. The highest BCUT2D eigenvalue weighted by atomic mass is 19.1. The number of H-pyrrole nitrogens is 1. The van der Waals surface area contributed by atoms with E-state index in [1.165, 1.54) is 6.07 Å². The standard InChI is InChI=1S/C16H19FN6O/c1-10-22-15(23-24-10)9-21-16(18-2)19-6-5-11-8-20-14-4-3-12(17)7-13(11)14/h3-4,7-8,20H,5-6,9H2,1-2H3,(H2,18,19,21). The van der Waals surface area contributed by atoms with E-state index >= 15 is 0 Å². The number of rotatable bonds is 5. The molecule has 0 saturated carbocycles. The monoisotopic (exact) mass is 330 g/mol. The van der Waals surface area contributed by atoms with Crippen molar-refractivity contribution in [2.45, 2.75) is 19.9 Å². The molecule has 2 aromatic heterocycles. The Morgan fingerprint density at radius 2 is 2.25 bits per heavy atom. The molecule has 1 aromatic carbocycles. The molecular formula is C16H19FN6O. The van der Waals surface area contributed by atoms with Gasteiger partial charge in [0.15, 0.2) is 11.8 Å². The maximum atomic E-state index is 13.4. The molecule has 0 bridgehead atoms. The van der Waals surface area contributed by atoms with Gasteiger partial charge in [0.1, 0.15) is 5.82 Å². The van der Waals surface area contributed by atoms with Crippen molar-refractivity contribution in [1.29, 1.82) is 0 Å². The van der Waals surface area contributed by atoms with Crippen molar-refractivity contribution < 1.29 is 8.91 Å². The molecule has 3 aromatic rings. The van der Waals surface area contributed by atoms with Crippen molar-refractivity contribution in [1.82, 2.24) is 25.8 Å². The van der Waals surface area contributed by atoms with Crippen LogP contribution < -0.4 is 10.6 Å². The molecule has 0 saturated heterocycles. The van der Waals surface area contributed by atoms with Gasteiger partial charge in [0.05, 0.1) is 6.54 Å². The van der Waals surface area contributed by atoms with Crippen LogP contribution in [-0.2, 0) is 13.0 Å². The summed E-state index contributed by atoms with van der Waals surface area (Å²) in [7, 11) is 1.69. The quantitative estimate of drug-likeness (QED) is 0.491. The minimum Gasteiger partial charge on any atom is -0.361 e. The Hall–Kier alpha value is -2.90. The summed E-state index contributed by atoms with van der Waals surface area (Å²) in [6, 6.07) is 4.74. The maximum Gasteiger partial charge on any atom is 0.223 e. The van der Waals surface area contributed by atoms with Crippen LogP contribution in [0.1, 0.15) is 17.3 Å². The van der Waals surface area contributed by atoms with Gasteiger partial charge in [-0.25, -0.2) is 4.39 Å². The Morgan fingerprint density at radius 1 is 1.38 bits per heavy atom. The average molecular weight is 330 g/mol. The van der Waals surface area contributed by atoms with Crippen LogP contribution in [0.3, 0.4) is 0 Å². The average Bonchev–Trinajstić information content (AvgIpc) is 3.17. The Balaban J connectivity index is 1.53. The first-order valence-electron chi connectivity index (χ1n) is 7.65. The van der Waals surface area contributed by atoms with Crippen LogP contribution in [0.5, 0.6) is 0 Å². The third-order valence-corrected chi connectivity index (χ3v) is 3.62. The van der Waals surface area contributed by atoms with Gasteiger partial charge in [0, 0.05) is 37.6 Å². The minimum atomic E-state index is -0.232. The summed E-state index contributed by atoms with van der Waals surface area (Å²) in [4.78, 5) is 11.4. The maximum absolute atomic E-state index is 13.4. The molecule has 7 nitrogen and oxygen atoms in total. The number of aryl methyl sites for hydroxylation is 1. The van der Waals surface area contributed by atoms with E-state index < -0.39 is 0 Å². The number of hydrogen-bond donors (Lipinski definition) is 3. The van der Waals surface area contributed by atoms with E-state index in [1.54, 1.807) is 26.1 Å². The SMILES string of the molecule is CN=C(NCCc1c[nH]c2ccc(F)cc12)NCc1noc(C)n1. The van der Waals surface area contributed by atoms with Crippen LogP contribution in [0.2, 0.25) is 0 Å². The molecule has 0 aliphatic carbocycles. The first-order chi connectivity index (χ1) is 11.7. The zero-order valence-electron chi connectivity index (χ0n) is 13.6. The second-order valence-electron chi connectivity index (χ2n) is 5.34. The second-order valence-corrected chi connectivity index (χ2v) is 5.34. The molecule has 2 heterocycles. The highest BCUT2D eigenvalue weighted by Gasteiger charge is 2.06. The third-order valence-electron chi connectivity index (χ3n) is 3.62. The summed E-state index contributed by atoms with van der Waals surface area (Å²) in [5.74, 6) is 1.51. The molecule has 0 amide bonds. The third kappa shape index (κ3) is 3.70. The van der Waals surface area contributed by atoms with Crippen LogP contribution in [-0.4, -0.2) is 34.7 Å². The van der Waals surface area contributed by atoms with Crippen LogP contribution in [0.4, 0.5) is 4.39 Å². The molecule has 0 aliphatic heterocycles. The van der Waals surface area contributed by atoms with Crippen molar-refractivity contribution in [3.8, 4) is 0 Å². The van der Waals surface area contributed by atoms with E-state index in [0.717, 1.165) is 22.9 Å². The van der Waals surface area contributed by atoms with Crippen LogP contribution in [0, 0.1) is 12.7 Å². The van der Waals surface area contributed by atoms with E-state index in [0.29, 0.717) is 30.8 Å². The Bertz CT molecular complexity index is 853. The summed E-state index contributed by atoms with van der Waals surface area (Å²) in [6.45, 7) is 2.83. The van der Waals surface area contributed by atoms with Gasteiger partial charge in [-0.15, -0.1) is 0 Å². The lowest BCUT2D eigenvalue weighted by molar-refractivity contribution is 0.387. The molecule has 3 rings (SSSR count). The normalized spacial score (nSPS) is 11.9. The Labute approximate surface area is 138 Å².